The first-order chi connectivity index (χ1) is 14.9. The van der Waals surface area contributed by atoms with Gasteiger partial charge in [-0.25, -0.2) is 18.0 Å². The fourth-order valence-corrected chi connectivity index (χ4v) is 4.17. The Kier molecular flexibility index (Phi) is 5.15. The molecule has 2 aliphatic rings. The van der Waals surface area contributed by atoms with Crippen molar-refractivity contribution < 1.29 is 31.9 Å². The van der Waals surface area contributed by atoms with E-state index in [9.17, 15) is 31.9 Å². The van der Waals surface area contributed by atoms with Gasteiger partial charge in [-0.3, -0.25) is 14.3 Å². The number of primary amides is 1. The van der Waals surface area contributed by atoms with Crippen molar-refractivity contribution in [1.29, 1.82) is 0 Å². The van der Waals surface area contributed by atoms with Crippen LogP contribution in [0.3, 0.4) is 0 Å². The lowest BCUT2D eigenvalue weighted by Gasteiger charge is -2.45. The summed E-state index contributed by atoms with van der Waals surface area (Å²) in [4.78, 5) is 37.2. The van der Waals surface area contributed by atoms with Gasteiger partial charge in [0.1, 0.15) is 17.1 Å². The largest absolute Gasteiger partial charge is 0.365 e. The second kappa shape index (κ2) is 7.47. The van der Waals surface area contributed by atoms with Crippen molar-refractivity contribution in [2.45, 2.75) is 37.4 Å². The van der Waals surface area contributed by atoms with Crippen molar-refractivity contribution in [3.63, 3.8) is 0 Å². The molecule has 1 saturated carbocycles. The van der Waals surface area contributed by atoms with Gasteiger partial charge in [0.25, 0.3) is 11.8 Å². The van der Waals surface area contributed by atoms with E-state index in [2.05, 4.69) is 10.4 Å². The second-order valence-electron chi connectivity index (χ2n) is 7.80. The van der Waals surface area contributed by atoms with Crippen LogP contribution in [-0.2, 0) is 17.9 Å². The van der Waals surface area contributed by atoms with Gasteiger partial charge in [0.15, 0.2) is 0 Å². The number of aromatic nitrogens is 2. The number of benzene rings is 1. The Morgan fingerprint density at radius 2 is 1.88 bits per heavy atom. The van der Waals surface area contributed by atoms with E-state index in [1.54, 1.807) is 0 Å². The third kappa shape index (κ3) is 3.68. The maximum Gasteiger partial charge on any atom is 0.327 e. The van der Waals surface area contributed by atoms with Crippen LogP contribution in [0.15, 0.2) is 18.2 Å². The molecule has 1 fully saturated rings. The number of rotatable bonds is 4. The molecule has 3 N–H and O–H groups in total. The highest BCUT2D eigenvalue weighted by Gasteiger charge is 2.62. The SMILES string of the molecule is NC(=O)c1c(-c2ccc(F)c(Cl)c2)nn2c1CN(C(=O)NC1(C(=O)F)CC(F)(F)C1)CC2. The molecule has 0 radical (unpaired) electrons. The Hall–Kier alpha value is -3.15. The van der Waals surface area contributed by atoms with Crippen molar-refractivity contribution >= 4 is 29.6 Å². The maximum absolute atomic E-state index is 13.5. The van der Waals surface area contributed by atoms with Gasteiger partial charge < -0.3 is 16.0 Å². The molecule has 170 valence electrons. The number of urea groups is 1. The lowest BCUT2D eigenvalue weighted by Crippen LogP contribution is -2.67. The Balaban J connectivity index is 1.61. The van der Waals surface area contributed by atoms with Crippen LogP contribution in [0.25, 0.3) is 11.3 Å². The zero-order valence-corrected chi connectivity index (χ0v) is 17.1. The van der Waals surface area contributed by atoms with Gasteiger partial charge in [-0.05, 0) is 18.2 Å². The molecule has 13 heteroatoms. The molecule has 3 amide bonds. The number of hydrogen-bond acceptors (Lipinski definition) is 4. The molecule has 0 atom stereocenters. The van der Waals surface area contributed by atoms with Gasteiger partial charge in [0, 0.05) is 24.9 Å². The van der Waals surface area contributed by atoms with E-state index in [4.69, 9.17) is 17.3 Å². The number of nitrogens with zero attached hydrogens (tertiary/aromatic N) is 3. The van der Waals surface area contributed by atoms with Crippen molar-refractivity contribution in [3.05, 3.63) is 40.3 Å². The van der Waals surface area contributed by atoms with Crippen molar-refractivity contribution in [3.8, 4) is 11.3 Å². The van der Waals surface area contributed by atoms with E-state index in [-0.39, 0.29) is 41.6 Å². The smallest absolute Gasteiger partial charge is 0.327 e. The van der Waals surface area contributed by atoms with Gasteiger partial charge in [0.05, 0.1) is 29.4 Å². The molecular formula is C19H16ClF4N5O3. The summed E-state index contributed by atoms with van der Waals surface area (Å²) < 4.78 is 54.9. The number of nitrogens with one attached hydrogen (secondary N) is 1. The topological polar surface area (TPSA) is 110 Å². The van der Waals surface area contributed by atoms with E-state index < -0.39 is 48.1 Å². The highest BCUT2D eigenvalue weighted by atomic mass is 35.5. The summed E-state index contributed by atoms with van der Waals surface area (Å²) in [7, 11) is 0. The summed E-state index contributed by atoms with van der Waals surface area (Å²) in [5, 5.41) is 6.19. The molecule has 1 aliphatic heterocycles. The summed E-state index contributed by atoms with van der Waals surface area (Å²) in [5.74, 6) is -4.78. The molecule has 0 spiro atoms. The quantitative estimate of drug-likeness (QED) is 0.525. The van der Waals surface area contributed by atoms with Crippen molar-refractivity contribution in [1.82, 2.24) is 20.0 Å². The van der Waals surface area contributed by atoms with Gasteiger partial charge in [0.2, 0.25) is 0 Å². The number of alkyl halides is 2. The summed E-state index contributed by atoms with van der Waals surface area (Å²) >= 11 is 5.81. The van der Waals surface area contributed by atoms with Crippen LogP contribution >= 0.6 is 11.6 Å². The predicted octanol–water partition coefficient (Wildman–Crippen LogP) is 2.63. The highest BCUT2D eigenvalue weighted by Crippen LogP contribution is 2.46. The van der Waals surface area contributed by atoms with Gasteiger partial charge >= 0.3 is 12.1 Å². The number of fused-ring (bicyclic) bond motifs is 1. The standard InChI is InChI=1S/C19H16ClF4N5O3/c20-10-5-9(1-2-11(10)21)14-13(15(25)30)12-6-28(3-4-29(12)27-14)17(32)26-18(16(22)31)7-19(23,24)8-18/h1-2,5H,3-4,6-8H2,(H2,25,30)(H,26,32). The third-order valence-corrected chi connectivity index (χ3v) is 5.84. The maximum atomic E-state index is 13.5. The van der Waals surface area contributed by atoms with Crippen molar-refractivity contribution in [2.24, 2.45) is 5.73 Å². The second-order valence-corrected chi connectivity index (χ2v) is 8.21. The summed E-state index contributed by atoms with van der Waals surface area (Å²) in [6.07, 6.45) is -2.26. The Morgan fingerprint density at radius 3 is 2.44 bits per heavy atom. The molecule has 0 unspecified atom stereocenters. The Morgan fingerprint density at radius 1 is 1.19 bits per heavy atom. The molecule has 8 nitrogen and oxygen atoms in total. The Bertz CT molecular complexity index is 1140. The van der Waals surface area contributed by atoms with Gasteiger partial charge in [-0.2, -0.15) is 9.49 Å². The van der Waals surface area contributed by atoms with E-state index in [1.165, 1.54) is 16.8 Å². The van der Waals surface area contributed by atoms with Crippen LogP contribution in [-0.4, -0.2) is 50.7 Å². The zero-order valence-electron chi connectivity index (χ0n) is 16.3. The number of nitrogens with two attached hydrogens (primary N) is 1. The first kappa shape index (κ1) is 22.1. The normalized spacial score (nSPS) is 18.5. The molecule has 32 heavy (non-hydrogen) atoms. The minimum atomic E-state index is -3.25. The van der Waals surface area contributed by atoms with Crippen LogP contribution in [0.5, 0.6) is 0 Å². The van der Waals surface area contributed by atoms with E-state index in [0.717, 1.165) is 11.0 Å². The van der Waals surface area contributed by atoms with E-state index in [0.29, 0.717) is 5.56 Å². The summed E-state index contributed by atoms with van der Waals surface area (Å²) in [6, 6.07) is 0.741. The number of halogens is 5. The molecule has 1 aromatic carbocycles. The number of carbonyl (C=O) groups is 3. The monoisotopic (exact) mass is 473 g/mol. The van der Waals surface area contributed by atoms with Crippen LogP contribution in [0.4, 0.5) is 22.4 Å². The van der Waals surface area contributed by atoms with Gasteiger partial charge in [-0.1, -0.05) is 11.6 Å². The number of amides is 3. The minimum absolute atomic E-state index is 0.0309. The third-order valence-electron chi connectivity index (χ3n) is 5.55. The molecule has 2 heterocycles. The zero-order chi connectivity index (χ0) is 23.4. The van der Waals surface area contributed by atoms with Crippen LogP contribution in [0.1, 0.15) is 28.9 Å². The highest BCUT2D eigenvalue weighted by molar-refractivity contribution is 6.31. The summed E-state index contributed by atoms with van der Waals surface area (Å²) in [5.41, 5.74) is 3.90. The van der Waals surface area contributed by atoms with E-state index >= 15 is 0 Å². The van der Waals surface area contributed by atoms with Crippen molar-refractivity contribution in [2.75, 3.05) is 6.54 Å². The first-order valence-electron chi connectivity index (χ1n) is 9.42. The summed E-state index contributed by atoms with van der Waals surface area (Å²) in [6.45, 7) is -0.0705. The molecule has 0 saturated heterocycles. The first-order valence-corrected chi connectivity index (χ1v) is 9.80. The molecule has 1 aromatic heterocycles. The lowest BCUT2D eigenvalue weighted by molar-refractivity contribution is -0.168. The molecule has 1 aliphatic carbocycles. The molecular weight excluding hydrogens is 458 g/mol. The molecule has 4 rings (SSSR count). The van der Waals surface area contributed by atoms with Crippen LogP contribution in [0.2, 0.25) is 5.02 Å². The minimum Gasteiger partial charge on any atom is -0.365 e. The number of hydrogen-bond donors (Lipinski definition) is 2. The lowest BCUT2D eigenvalue weighted by atomic mass is 9.74. The Labute approximate surface area is 183 Å². The fourth-order valence-electron chi connectivity index (χ4n) is 3.99. The average Bonchev–Trinajstić information content (AvgIpc) is 3.07. The molecule has 0 bridgehead atoms. The van der Waals surface area contributed by atoms with E-state index in [1.807, 2.05) is 0 Å². The van der Waals surface area contributed by atoms with Crippen LogP contribution in [0, 0.1) is 5.82 Å². The predicted molar refractivity (Wildman–Crippen MR) is 103 cm³/mol. The van der Waals surface area contributed by atoms with Crippen LogP contribution < -0.4 is 11.1 Å². The molecule has 2 aromatic rings. The average molecular weight is 474 g/mol. The fraction of sp³-hybridized carbons (Fsp3) is 0.368. The van der Waals surface area contributed by atoms with Gasteiger partial charge in [-0.15, -0.1) is 0 Å². The number of carbonyl (C=O) groups excluding carboxylic acids is 3.